The van der Waals surface area contributed by atoms with E-state index in [-0.39, 0.29) is 12.6 Å². The van der Waals surface area contributed by atoms with Gasteiger partial charge in [0.2, 0.25) is 0 Å². The molecule has 1 rings (SSSR count). The zero-order chi connectivity index (χ0) is 16.4. The number of ether oxygens (including phenoxy) is 2. The van der Waals surface area contributed by atoms with Gasteiger partial charge in [-0.25, -0.2) is 9.59 Å². The maximum Gasteiger partial charge on any atom is 0.331 e. The zero-order valence-corrected chi connectivity index (χ0v) is 12.6. The SMILES string of the molecule is CCOC(=O)/C=C/C(=O)OCC(=O)N[C@H](C)c1ccccc1. The van der Waals surface area contributed by atoms with Crippen LogP contribution in [-0.2, 0) is 23.9 Å². The van der Waals surface area contributed by atoms with Crippen LogP contribution in [0.15, 0.2) is 42.5 Å². The van der Waals surface area contributed by atoms with Crippen molar-refractivity contribution in [2.45, 2.75) is 19.9 Å². The summed E-state index contributed by atoms with van der Waals surface area (Å²) in [7, 11) is 0. The second-order valence-corrected chi connectivity index (χ2v) is 4.39. The van der Waals surface area contributed by atoms with Gasteiger partial charge >= 0.3 is 11.9 Å². The quantitative estimate of drug-likeness (QED) is 0.610. The number of benzene rings is 1. The van der Waals surface area contributed by atoms with Crippen LogP contribution in [-0.4, -0.2) is 31.1 Å². The summed E-state index contributed by atoms with van der Waals surface area (Å²) in [4.78, 5) is 34.0. The summed E-state index contributed by atoms with van der Waals surface area (Å²) in [5.41, 5.74) is 0.949. The molecule has 0 fully saturated rings. The molecule has 0 aliphatic rings. The second-order valence-electron chi connectivity index (χ2n) is 4.39. The molecule has 0 unspecified atom stereocenters. The van der Waals surface area contributed by atoms with Crippen LogP contribution >= 0.6 is 0 Å². The van der Waals surface area contributed by atoms with Gasteiger partial charge in [-0.15, -0.1) is 0 Å². The highest BCUT2D eigenvalue weighted by Crippen LogP contribution is 2.10. The van der Waals surface area contributed by atoms with Gasteiger partial charge in [-0.2, -0.15) is 0 Å². The molecule has 0 aromatic heterocycles. The average molecular weight is 305 g/mol. The second kappa shape index (κ2) is 9.33. The lowest BCUT2D eigenvalue weighted by Crippen LogP contribution is -2.30. The van der Waals surface area contributed by atoms with Crippen molar-refractivity contribution in [3.05, 3.63) is 48.0 Å². The molecule has 1 N–H and O–H groups in total. The van der Waals surface area contributed by atoms with Crippen LogP contribution in [0.1, 0.15) is 25.5 Å². The molecule has 0 aliphatic carbocycles. The molecule has 0 radical (unpaired) electrons. The highest BCUT2D eigenvalue weighted by molar-refractivity contribution is 5.92. The van der Waals surface area contributed by atoms with E-state index in [0.717, 1.165) is 17.7 Å². The summed E-state index contributed by atoms with van der Waals surface area (Å²) in [5, 5.41) is 2.70. The maximum atomic E-state index is 11.7. The molecule has 0 aliphatic heterocycles. The third kappa shape index (κ3) is 6.69. The largest absolute Gasteiger partial charge is 0.463 e. The number of amides is 1. The Bertz CT molecular complexity index is 539. The Morgan fingerprint density at radius 2 is 1.68 bits per heavy atom. The van der Waals surface area contributed by atoms with Crippen LogP contribution < -0.4 is 5.32 Å². The Balaban J connectivity index is 2.34. The van der Waals surface area contributed by atoms with Crippen LogP contribution in [0.4, 0.5) is 0 Å². The third-order valence-electron chi connectivity index (χ3n) is 2.66. The summed E-state index contributed by atoms with van der Waals surface area (Å²) in [6.07, 6.45) is 1.88. The molecule has 0 heterocycles. The molecule has 0 bridgehead atoms. The first-order valence-corrected chi connectivity index (χ1v) is 6.88. The van der Waals surface area contributed by atoms with Crippen LogP contribution in [0, 0.1) is 0 Å². The fraction of sp³-hybridized carbons (Fsp3) is 0.312. The zero-order valence-electron chi connectivity index (χ0n) is 12.6. The van der Waals surface area contributed by atoms with Gasteiger partial charge in [-0.1, -0.05) is 30.3 Å². The lowest BCUT2D eigenvalue weighted by molar-refractivity contribution is -0.144. The third-order valence-corrected chi connectivity index (χ3v) is 2.66. The van der Waals surface area contributed by atoms with E-state index in [1.165, 1.54) is 0 Å². The molecule has 22 heavy (non-hydrogen) atoms. The topological polar surface area (TPSA) is 81.7 Å². The average Bonchev–Trinajstić information content (AvgIpc) is 2.52. The van der Waals surface area contributed by atoms with E-state index in [4.69, 9.17) is 4.74 Å². The van der Waals surface area contributed by atoms with Crippen molar-refractivity contribution in [2.24, 2.45) is 0 Å². The van der Waals surface area contributed by atoms with Gasteiger partial charge in [-0.05, 0) is 19.4 Å². The van der Waals surface area contributed by atoms with E-state index in [9.17, 15) is 14.4 Å². The van der Waals surface area contributed by atoms with E-state index in [0.29, 0.717) is 0 Å². The van der Waals surface area contributed by atoms with E-state index in [1.807, 2.05) is 37.3 Å². The minimum absolute atomic E-state index is 0.192. The van der Waals surface area contributed by atoms with Crippen molar-refractivity contribution in [3.63, 3.8) is 0 Å². The van der Waals surface area contributed by atoms with Crippen LogP contribution in [0.2, 0.25) is 0 Å². The molecule has 6 heteroatoms. The number of esters is 2. The van der Waals surface area contributed by atoms with Gasteiger partial charge in [0.15, 0.2) is 6.61 Å². The van der Waals surface area contributed by atoms with Crippen molar-refractivity contribution >= 4 is 17.8 Å². The van der Waals surface area contributed by atoms with Crippen LogP contribution in [0.25, 0.3) is 0 Å². The molecular weight excluding hydrogens is 286 g/mol. The normalized spacial score (nSPS) is 11.7. The Morgan fingerprint density at radius 1 is 1.09 bits per heavy atom. The highest BCUT2D eigenvalue weighted by Gasteiger charge is 2.10. The summed E-state index contributed by atoms with van der Waals surface area (Å²) in [5.74, 6) is -1.84. The molecular formula is C16H19NO5. The molecule has 0 spiro atoms. The summed E-state index contributed by atoms with van der Waals surface area (Å²) < 4.78 is 9.33. The minimum Gasteiger partial charge on any atom is -0.463 e. The standard InChI is InChI=1S/C16H19NO5/c1-3-21-15(19)9-10-16(20)22-11-14(18)17-12(2)13-7-5-4-6-8-13/h4-10,12H,3,11H2,1-2H3,(H,17,18)/b10-9+/t12-/m1/s1. The summed E-state index contributed by atoms with van der Waals surface area (Å²) in [6.45, 7) is 3.29. The van der Waals surface area contributed by atoms with E-state index >= 15 is 0 Å². The lowest BCUT2D eigenvalue weighted by Gasteiger charge is -2.13. The molecule has 6 nitrogen and oxygen atoms in total. The van der Waals surface area contributed by atoms with Crippen molar-refractivity contribution in [2.75, 3.05) is 13.2 Å². The monoisotopic (exact) mass is 305 g/mol. The van der Waals surface area contributed by atoms with Gasteiger partial charge < -0.3 is 14.8 Å². The number of rotatable bonds is 7. The van der Waals surface area contributed by atoms with Crippen molar-refractivity contribution < 1.29 is 23.9 Å². The fourth-order valence-corrected chi connectivity index (χ4v) is 1.62. The summed E-state index contributed by atoms with van der Waals surface area (Å²) >= 11 is 0. The van der Waals surface area contributed by atoms with Crippen LogP contribution in [0.3, 0.4) is 0 Å². The fourth-order valence-electron chi connectivity index (χ4n) is 1.62. The highest BCUT2D eigenvalue weighted by atomic mass is 16.5. The predicted octanol–water partition coefficient (Wildman–Crippen LogP) is 1.53. The van der Waals surface area contributed by atoms with E-state index < -0.39 is 24.5 Å². The number of hydrogen-bond acceptors (Lipinski definition) is 5. The minimum atomic E-state index is -0.782. The van der Waals surface area contributed by atoms with Gasteiger partial charge in [0.1, 0.15) is 0 Å². The Kier molecular flexibility index (Phi) is 7.39. The molecule has 1 atom stereocenters. The first-order chi connectivity index (χ1) is 10.5. The van der Waals surface area contributed by atoms with Gasteiger partial charge in [0, 0.05) is 12.2 Å². The Labute approximate surface area is 129 Å². The molecule has 118 valence electrons. The maximum absolute atomic E-state index is 11.7. The van der Waals surface area contributed by atoms with Crippen LogP contribution in [0.5, 0.6) is 0 Å². The number of carbonyl (C=O) groups is 3. The van der Waals surface area contributed by atoms with E-state index in [2.05, 4.69) is 10.1 Å². The molecule has 0 saturated heterocycles. The van der Waals surface area contributed by atoms with Crippen molar-refractivity contribution in [1.29, 1.82) is 0 Å². The first-order valence-electron chi connectivity index (χ1n) is 6.88. The van der Waals surface area contributed by atoms with Gasteiger partial charge in [-0.3, -0.25) is 4.79 Å². The predicted molar refractivity (Wildman–Crippen MR) is 79.7 cm³/mol. The number of hydrogen-bond donors (Lipinski definition) is 1. The Hall–Kier alpha value is -2.63. The van der Waals surface area contributed by atoms with Gasteiger partial charge in [0.25, 0.3) is 5.91 Å². The Morgan fingerprint density at radius 3 is 2.27 bits per heavy atom. The number of carbonyl (C=O) groups excluding carboxylic acids is 3. The smallest absolute Gasteiger partial charge is 0.331 e. The molecule has 1 amide bonds. The van der Waals surface area contributed by atoms with Crippen molar-refractivity contribution in [1.82, 2.24) is 5.32 Å². The lowest BCUT2D eigenvalue weighted by atomic mass is 10.1. The number of nitrogens with one attached hydrogen (secondary N) is 1. The molecule has 0 saturated carbocycles. The molecule has 1 aromatic carbocycles. The van der Waals surface area contributed by atoms with E-state index in [1.54, 1.807) is 6.92 Å². The van der Waals surface area contributed by atoms with Crippen molar-refractivity contribution in [3.8, 4) is 0 Å². The molecule has 1 aromatic rings. The first kappa shape index (κ1) is 17.4. The van der Waals surface area contributed by atoms with Gasteiger partial charge in [0.05, 0.1) is 12.6 Å². The summed E-state index contributed by atoms with van der Waals surface area (Å²) in [6, 6.07) is 9.21.